The summed E-state index contributed by atoms with van der Waals surface area (Å²) in [4.78, 5) is 40.5. The molecule has 3 rings (SSSR count). The van der Waals surface area contributed by atoms with E-state index in [0.717, 1.165) is 5.56 Å². The molecule has 0 radical (unpaired) electrons. The van der Waals surface area contributed by atoms with Crippen molar-refractivity contribution in [3.63, 3.8) is 0 Å². The van der Waals surface area contributed by atoms with E-state index in [0.29, 0.717) is 37.1 Å². The van der Waals surface area contributed by atoms with Crippen LogP contribution in [0.25, 0.3) is 0 Å². The van der Waals surface area contributed by atoms with Gasteiger partial charge in [-0.25, -0.2) is 9.18 Å². The van der Waals surface area contributed by atoms with E-state index in [2.05, 4.69) is 0 Å². The van der Waals surface area contributed by atoms with Crippen LogP contribution in [0.5, 0.6) is 0 Å². The van der Waals surface area contributed by atoms with Crippen molar-refractivity contribution in [2.75, 3.05) is 19.6 Å². The second-order valence-corrected chi connectivity index (χ2v) is 8.50. The Balaban J connectivity index is 1.61. The molecular weight excluding hydrogens is 399 g/mol. The Morgan fingerprint density at radius 1 is 0.968 bits per heavy atom. The van der Waals surface area contributed by atoms with Crippen LogP contribution in [0.3, 0.4) is 0 Å². The number of imide groups is 1. The minimum Gasteiger partial charge on any atom is -0.444 e. The molecule has 0 fully saturated rings. The molecule has 2 aromatic carbocycles. The predicted octanol–water partition coefficient (Wildman–Crippen LogP) is 4.29. The van der Waals surface area contributed by atoms with E-state index < -0.39 is 11.7 Å². The monoisotopic (exact) mass is 426 g/mol. The van der Waals surface area contributed by atoms with Crippen LogP contribution < -0.4 is 0 Å². The molecule has 7 heteroatoms. The lowest BCUT2D eigenvalue weighted by atomic mass is 10.1. The summed E-state index contributed by atoms with van der Waals surface area (Å²) in [6.45, 7) is 6.29. The van der Waals surface area contributed by atoms with Gasteiger partial charge in [0.2, 0.25) is 0 Å². The molecule has 0 unspecified atom stereocenters. The highest BCUT2D eigenvalue weighted by atomic mass is 19.1. The lowest BCUT2D eigenvalue weighted by Gasteiger charge is -2.28. The van der Waals surface area contributed by atoms with Gasteiger partial charge in [-0.1, -0.05) is 24.3 Å². The van der Waals surface area contributed by atoms with Crippen molar-refractivity contribution < 1.29 is 23.5 Å². The molecule has 0 bridgehead atoms. The highest BCUT2D eigenvalue weighted by molar-refractivity contribution is 6.21. The number of hydrogen-bond donors (Lipinski definition) is 0. The average molecular weight is 426 g/mol. The van der Waals surface area contributed by atoms with Crippen LogP contribution in [0.2, 0.25) is 0 Å². The van der Waals surface area contributed by atoms with Gasteiger partial charge in [-0.2, -0.15) is 0 Å². The van der Waals surface area contributed by atoms with Crippen molar-refractivity contribution in [3.8, 4) is 0 Å². The molecule has 31 heavy (non-hydrogen) atoms. The summed E-state index contributed by atoms with van der Waals surface area (Å²) >= 11 is 0. The van der Waals surface area contributed by atoms with Gasteiger partial charge in [0, 0.05) is 19.6 Å². The van der Waals surface area contributed by atoms with Gasteiger partial charge in [-0.15, -0.1) is 0 Å². The van der Waals surface area contributed by atoms with Gasteiger partial charge in [0.05, 0.1) is 11.1 Å². The highest BCUT2D eigenvalue weighted by Crippen LogP contribution is 2.22. The zero-order valence-corrected chi connectivity index (χ0v) is 18.1. The Morgan fingerprint density at radius 3 is 2.10 bits per heavy atom. The number of hydrogen-bond acceptors (Lipinski definition) is 4. The summed E-state index contributed by atoms with van der Waals surface area (Å²) in [7, 11) is 0. The lowest BCUT2D eigenvalue weighted by molar-refractivity contribution is 0.0247. The summed E-state index contributed by atoms with van der Waals surface area (Å²) in [5, 5.41) is 0. The first-order chi connectivity index (χ1) is 14.7. The molecule has 1 aliphatic heterocycles. The molecule has 0 atom stereocenters. The van der Waals surface area contributed by atoms with E-state index in [9.17, 15) is 18.8 Å². The largest absolute Gasteiger partial charge is 0.444 e. The fraction of sp³-hybridized carbons (Fsp3) is 0.375. The molecule has 0 aromatic heterocycles. The Labute approximate surface area is 181 Å². The fourth-order valence-electron chi connectivity index (χ4n) is 3.40. The number of carbonyl (C=O) groups excluding carboxylic acids is 3. The first kappa shape index (κ1) is 22.5. The zero-order valence-electron chi connectivity index (χ0n) is 18.1. The number of nitrogens with zero attached hydrogens (tertiary/aromatic N) is 2. The molecular formula is C24H27FN2O4. The summed E-state index contributed by atoms with van der Waals surface area (Å²) < 4.78 is 18.6. The van der Waals surface area contributed by atoms with Crippen molar-refractivity contribution >= 4 is 17.9 Å². The third-order valence-corrected chi connectivity index (χ3v) is 4.92. The number of benzene rings is 2. The highest BCUT2D eigenvalue weighted by Gasteiger charge is 2.34. The molecule has 0 saturated heterocycles. The quantitative estimate of drug-likeness (QED) is 0.620. The lowest BCUT2D eigenvalue weighted by Crippen LogP contribution is -2.40. The van der Waals surface area contributed by atoms with E-state index in [4.69, 9.17) is 4.74 Å². The smallest absolute Gasteiger partial charge is 0.410 e. The zero-order chi connectivity index (χ0) is 22.6. The van der Waals surface area contributed by atoms with Crippen molar-refractivity contribution in [1.29, 1.82) is 0 Å². The third-order valence-electron chi connectivity index (χ3n) is 4.92. The molecule has 2 aromatic rings. The van der Waals surface area contributed by atoms with Gasteiger partial charge in [-0.3, -0.25) is 14.5 Å². The minimum atomic E-state index is -0.645. The van der Waals surface area contributed by atoms with Crippen molar-refractivity contribution in [1.82, 2.24) is 9.80 Å². The second-order valence-electron chi connectivity index (χ2n) is 8.50. The van der Waals surface area contributed by atoms with E-state index >= 15 is 0 Å². The molecule has 0 saturated carbocycles. The van der Waals surface area contributed by atoms with Gasteiger partial charge >= 0.3 is 6.09 Å². The Kier molecular flexibility index (Phi) is 6.73. The van der Waals surface area contributed by atoms with Crippen LogP contribution in [0, 0.1) is 5.82 Å². The SMILES string of the molecule is CC(C)(C)OC(=O)N(CCCN1C(=O)c2ccccc2C1=O)CCc1ccc(F)cc1. The molecule has 0 N–H and O–H groups in total. The third kappa shape index (κ3) is 5.69. The van der Waals surface area contributed by atoms with Crippen molar-refractivity contribution in [3.05, 3.63) is 71.0 Å². The molecule has 1 aliphatic rings. The first-order valence-electron chi connectivity index (χ1n) is 10.3. The number of fused-ring (bicyclic) bond motifs is 1. The maximum Gasteiger partial charge on any atom is 0.410 e. The van der Waals surface area contributed by atoms with E-state index in [1.165, 1.54) is 17.0 Å². The normalized spacial score (nSPS) is 13.4. The van der Waals surface area contributed by atoms with E-state index in [1.54, 1.807) is 62.1 Å². The average Bonchev–Trinajstić information content (AvgIpc) is 2.95. The predicted molar refractivity (Wildman–Crippen MR) is 114 cm³/mol. The maximum absolute atomic E-state index is 13.1. The van der Waals surface area contributed by atoms with Crippen LogP contribution >= 0.6 is 0 Å². The second kappa shape index (κ2) is 9.29. The Bertz CT molecular complexity index is 931. The van der Waals surface area contributed by atoms with Crippen molar-refractivity contribution in [2.24, 2.45) is 0 Å². The molecule has 0 spiro atoms. The summed E-state index contributed by atoms with van der Waals surface area (Å²) in [5.41, 5.74) is 1.07. The minimum absolute atomic E-state index is 0.211. The molecule has 6 nitrogen and oxygen atoms in total. The Morgan fingerprint density at radius 2 is 1.55 bits per heavy atom. The molecule has 3 amide bonds. The number of amides is 3. The van der Waals surface area contributed by atoms with Crippen molar-refractivity contribution in [2.45, 2.75) is 39.2 Å². The Hall–Kier alpha value is -3.22. The molecule has 1 heterocycles. The number of ether oxygens (including phenoxy) is 1. The van der Waals surface area contributed by atoms with Gasteiger partial charge in [0.1, 0.15) is 11.4 Å². The number of carbonyl (C=O) groups is 3. The van der Waals surface area contributed by atoms with Crippen LogP contribution in [0.4, 0.5) is 9.18 Å². The topological polar surface area (TPSA) is 66.9 Å². The number of rotatable bonds is 7. The standard InChI is InChI=1S/C24H27FN2O4/c1-24(2,3)31-23(30)26(16-13-17-9-11-18(25)12-10-17)14-6-15-27-21(28)19-7-4-5-8-20(19)22(27)29/h4-5,7-12H,6,13-16H2,1-3H3. The molecule has 164 valence electrons. The fourth-order valence-corrected chi connectivity index (χ4v) is 3.40. The molecule has 0 aliphatic carbocycles. The van der Waals surface area contributed by atoms with Gasteiger partial charge in [-0.05, 0) is 63.4 Å². The summed E-state index contributed by atoms with van der Waals surface area (Å²) in [6, 6.07) is 12.9. The first-order valence-corrected chi connectivity index (χ1v) is 10.3. The van der Waals surface area contributed by atoms with Gasteiger partial charge < -0.3 is 9.64 Å². The van der Waals surface area contributed by atoms with E-state index in [-0.39, 0.29) is 24.2 Å². The van der Waals surface area contributed by atoms with Crippen LogP contribution in [0.1, 0.15) is 53.5 Å². The van der Waals surface area contributed by atoms with Crippen LogP contribution in [-0.4, -0.2) is 52.9 Å². The van der Waals surface area contributed by atoms with Gasteiger partial charge in [0.25, 0.3) is 11.8 Å². The summed E-state index contributed by atoms with van der Waals surface area (Å²) in [5.74, 6) is -0.930. The van der Waals surface area contributed by atoms with Gasteiger partial charge in [0.15, 0.2) is 0 Å². The van der Waals surface area contributed by atoms with Crippen LogP contribution in [0.15, 0.2) is 48.5 Å². The van der Waals surface area contributed by atoms with E-state index in [1.807, 2.05) is 0 Å². The summed E-state index contributed by atoms with van der Waals surface area (Å²) in [6.07, 6.45) is 0.498. The number of halogens is 1. The van der Waals surface area contributed by atoms with Crippen LogP contribution in [-0.2, 0) is 11.2 Å². The maximum atomic E-state index is 13.1.